The lowest BCUT2D eigenvalue weighted by Gasteiger charge is -2.27. The van der Waals surface area contributed by atoms with E-state index in [9.17, 15) is 0 Å². The molecule has 0 bridgehead atoms. The quantitative estimate of drug-likeness (QED) is 0.793. The molecule has 1 fully saturated rings. The van der Waals surface area contributed by atoms with E-state index in [4.69, 9.17) is 4.74 Å². The van der Waals surface area contributed by atoms with Gasteiger partial charge in [-0.05, 0) is 0 Å². The van der Waals surface area contributed by atoms with Gasteiger partial charge in [-0.1, -0.05) is 0 Å². The number of hydrogen-bond donors (Lipinski definition) is 1. The second kappa shape index (κ2) is 5.72. The van der Waals surface area contributed by atoms with Gasteiger partial charge in [0, 0.05) is 32.2 Å². The standard InChI is InChI=1S/C9H14N4O.ClH/c1-14-8-6-9(12-11-7-8)13-4-2-10-3-5-13;/h6-7,10H,2-5H2,1H3;1H. The smallest absolute Gasteiger partial charge is 0.155 e. The maximum atomic E-state index is 5.10. The number of nitrogens with zero attached hydrogens (tertiary/aromatic N) is 3. The molecule has 1 saturated heterocycles. The first-order valence-corrected chi connectivity index (χ1v) is 4.72. The Bertz CT molecular complexity index is 304. The van der Waals surface area contributed by atoms with Gasteiger partial charge < -0.3 is 15.0 Å². The van der Waals surface area contributed by atoms with Gasteiger partial charge in [0.05, 0.1) is 13.3 Å². The van der Waals surface area contributed by atoms with Crippen LogP contribution in [0.1, 0.15) is 0 Å². The molecule has 84 valence electrons. The third-order valence-corrected chi connectivity index (χ3v) is 2.29. The highest BCUT2D eigenvalue weighted by Gasteiger charge is 2.12. The van der Waals surface area contributed by atoms with Crippen LogP contribution in [0.4, 0.5) is 5.82 Å². The summed E-state index contributed by atoms with van der Waals surface area (Å²) in [6.45, 7) is 3.95. The number of piperazine rings is 1. The summed E-state index contributed by atoms with van der Waals surface area (Å²) in [5, 5.41) is 11.3. The number of hydrogen-bond acceptors (Lipinski definition) is 5. The van der Waals surface area contributed by atoms with Crippen LogP contribution in [0.5, 0.6) is 5.75 Å². The number of ether oxygens (including phenoxy) is 1. The van der Waals surface area contributed by atoms with Gasteiger partial charge in [0.2, 0.25) is 0 Å². The normalized spacial score (nSPS) is 15.7. The molecule has 0 saturated carbocycles. The molecule has 0 radical (unpaired) electrons. The van der Waals surface area contributed by atoms with Crippen molar-refractivity contribution in [1.82, 2.24) is 15.5 Å². The minimum absolute atomic E-state index is 0. The van der Waals surface area contributed by atoms with Crippen molar-refractivity contribution in [2.24, 2.45) is 0 Å². The monoisotopic (exact) mass is 230 g/mol. The summed E-state index contributed by atoms with van der Waals surface area (Å²) in [4.78, 5) is 2.20. The number of aromatic nitrogens is 2. The van der Waals surface area contributed by atoms with Crippen molar-refractivity contribution in [3.63, 3.8) is 0 Å². The zero-order valence-electron chi connectivity index (χ0n) is 8.64. The van der Waals surface area contributed by atoms with Crippen LogP contribution in [0, 0.1) is 0 Å². The molecule has 0 aromatic carbocycles. The van der Waals surface area contributed by atoms with E-state index in [2.05, 4.69) is 20.4 Å². The van der Waals surface area contributed by atoms with Gasteiger partial charge in [0.15, 0.2) is 5.82 Å². The lowest BCUT2D eigenvalue weighted by molar-refractivity contribution is 0.411. The number of anilines is 1. The first-order chi connectivity index (χ1) is 6.90. The Morgan fingerprint density at radius 1 is 1.40 bits per heavy atom. The fourth-order valence-electron chi connectivity index (χ4n) is 1.50. The molecule has 6 heteroatoms. The predicted molar refractivity (Wildman–Crippen MR) is 60.9 cm³/mol. The molecule has 0 unspecified atom stereocenters. The molecule has 0 aliphatic carbocycles. The van der Waals surface area contributed by atoms with Gasteiger partial charge in [0.1, 0.15) is 5.75 Å². The molecule has 1 aliphatic rings. The van der Waals surface area contributed by atoms with Gasteiger partial charge in [-0.3, -0.25) is 0 Å². The van der Waals surface area contributed by atoms with Crippen molar-refractivity contribution in [1.29, 1.82) is 0 Å². The number of methoxy groups -OCH3 is 1. The zero-order valence-corrected chi connectivity index (χ0v) is 9.46. The molecule has 5 nitrogen and oxygen atoms in total. The molecular formula is C9H15ClN4O. The molecule has 2 rings (SSSR count). The summed E-state index contributed by atoms with van der Waals surface area (Å²) < 4.78 is 5.10. The van der Waals surface area contributed by atoms with E-state index in [1.807, 2.05) is 6.07 Å². The Hall–Kier alpha value is -1.07. The predicted octanol–water partition coefficient (Wildman–Crippen LogP) is 0.317. The number of nitrogens with one attached hydrogen (secondary N) is 1. The van der Waals surface area contributed by atoms with Crippen LogP contribution in [0.3, 0.4) is 0 Å². The Morgan fingerprint density at radius 2 is 2.13 bits per heavy atom. The molecule has 2 heterocycles. The van der Waals surface area contributed by atoms with Crippen molar-refractivity contribution < 1.29 is 4.74 Å². The molecule has 1 aromatic heterocycles. The maximum absolute atomic E-state index is 5.10. The fraction of sp³-hybridized carbons (Fsp3) is 0.556. The van der Waals surface area contributed by atoms with Gasteiger partial charge in [0.25, 0.3) is 0 Å². The Labute approximate surface area is 95.2 Å². The third-order valence-electron chi connectivity index (χ3n) is 2.29. The molecule has 0 amide bonds. The molecule has 1 N–H and O–H groups in total. The highest BCUT2D eigenvalue weighted by atomic mass is 35.5. The molecule has 1 aromatic rings. The zero-order chi connectivity index (χ0) is 9.80. The lowest BCUT2D eigenvalue weighted by atomic mass is 10.3. The van der Waals surface area contributed by atoms with Crippen LogP contribution >= 0.6 is 12.4 Å². The van der Waals surface area contributed by atoms with Crippen molar-refractivity contribution in [3.05, 3.63) is 12.3 Å². The Kier molecular flexibility index (Phi) is 4.58. The van der Waals surface area contributed by atoms with E-state index in [0.717, 1.165) is 37.7 Å². The molecule has 0 atom stereocenters. The topological polar surface area (TPSA) is 50.3 Å². The van der Waals surface area contributed by atoms with Gasteiger partial charge >= 0.3 is 0 Å². The highest BCUT2D eigenvalue weighted by Crippen LogP contribution is 2.16. The van der Waals surface area contributed by atoms with Gasteiger partial charge in [-0.2, -0.15) is 5.10 Å². The summed E-state index contributed by atoms with van der Waals surface area (Å²) in [5.74, 6) is 1.65. The summed E-state index contributed by atoms with van der Waals surface area (Å²) in [6.07, 6.45) is 1.62. The molecule has 15 heavy (non-hydrogen) atoms. The molecule has 0 spiro atoms. The highest BCUT2D eigenvalue weighted by molar-refractivity contribution is 5.85. The van der Waals surface area contributed by atoms with Crippen LogP contribution in [0.15, 0.2) is 12.3 Å². The average Bonchev–Trinajstić information content (AvgIpc) is 2.30. The third kappa shape index (κ3) is 2.94. The SMILES string of the molecule is COc1cnnc(N2CCNCC2)c1.Cl. The maximum Gasteiger partial charge on any atom is 0.155 e. The van der Waals surface area contributed by atoms with Gasteiger partial charge in [-0.15, -0.1) is 17.5 Å². The second-order valence-corrected chi connectivity index (χ2v) is 3.19. The number of halogens is 1. The Morgan fingerprint density at radius 3 is 2.80 bits per heavy atom. The first-order valence-electron chi connectivity index (χ1n) is 4.72. The number of rotatable bonds is 2. The first kappa shape index (κ1) is 12.0. The van der Waals surface area contributed by atoms with E-state index in [1.54, 1.807) is 13.3 Å². The van der Waals surface area contributed by atoms with Crippen molar-refractivity contribution in [3.8, 4) is 5.75 Å². The summed E-state index contributed by atoms with van der Waals surface area (Å²) in [7, 11) is 1.64. The molecule has 1 aliphatic heterocycles. The van der Waals surface area contributed by atoms with Crippen LogP contribution < -0.4 is 15.0 Å². The van der Waals surface area contributed by atoms with E-state index < -0.39 is 0 Å². The summed E-state index contributed by atoms with van der Waals surface area (Å²) in [5.41, 5.74) is 0. The van der Waals surface area contributed by atoms with Crippen LogP contribution in [0.25, 0.3) is 0 Å². The van der Waals surface area contributed by atoms with Crippen LogP contribution in [-0.2, 0) is 0 Å². The van der Waals surface area contributed by atoms with E-state index in [0.29, 0.717) is 0 Å². The fourth-order valence-corrected chi connectivity index (χ4v) is 1.50. The molecular weight excluding hydrogens is 216 g/mol. The van der Waals surface area contributed by atoms with Crippen molar-refractivity contribution >= 4 is 18.2 Å². The van der Waals surface area contributed by atoms with Crippen LogP contribution in [-0.4, -0.2) is 43.5 Å². The van der Waals surface area contributed by atoms with Crippen LogP contribution in [0.2, 0.25) is 0 Å². The Balaban J connectivity index is 0.00000112. The van der Waals surface area contributed by atoms with E-state index in [1.165, 1.54) is 0 Å². The van der Waals surface area contributed by atoms with Crippen molar-refractivity contribution in [2.75, 3.05) is 38.2 Å². The van der Waals surface area contributed by atoms with Crippen molar-refractivity contribution in [2.45, 2.75) is 0 Å². The van der Waals surface area contributed by atoms with E-state index in [-0.39, 0.29) is 12.4 Å². The van der Waals surface area contributed by atoms with Gasteiger partial charge in [-0.25, -0.2) is 0 Å². The average molecular weight is 231 g/mol. The lowest BCUT2D eigenvalue weighted by Crippen LogP contribution is -2.43. The summed E-state index contributed by atoms with van der Waals surface area (Å²) in [6, 6.07) is 1.92. The second-order valence-electron chi connectivity index (χ2n) is 3.19. The summed E-state index contributed by atoms with van der Waals surface area (Å²) >= 11 is 0. The largest absolute Gasteiger partial charge is 0.495 e. The minimum Gasteiger partial charge on any atom is -0.495 e. The minimum atomic E-state index is 0. The van der Waals surface area contributed by atoms with E-state index >= 15 is 0 Å².